The minimum absolute atomic E-state index is 0.0779. The number of carboxylic acid groups (broad SMARTS) is 1. The van der Waals surface area contributed by atoms with E-state index in [2.05, 4.69) is 4.98 Å². The molecule has 1 heterocycles. The lowest BCUT2D eigenvalue weighted by Crippen LogP contribution is -2.06. The quantitative estimate of drug-likeness (QED) is 0.285. The fraction of sp³-hybridized carbons (Fsp3) is 0.154. The fourth-order valence-corrected chi connectivity index (χ4v) is 4.43. The molecular weight excluding hydrogens is 479 g/mol. The Bertz CT molecular complexity index is 1360. The van der Waals surface area contributed by atoms with Gasteiger partial charge in [0.2, 0.25) is 0 Å². The van der Waals surface area contributed by atoms with Crippen LogP contribution in [-0.2, 0) is 17.6 Å². The first-order valence-electron chi connectivity index (χ1n) is 10.5. The monoisotopic (exact) mass is 499 g/mol. The van der Waals surface area contributed by atoms with Crippen LogP contribution in [0.4, 0.5) is 13.2 Å². The molecule has 35 heavy (non-hydrogen) atoms. The Hall–Kier alpha value is -3.85. The van der Waals surface area contributed by atoms with E-state index in [0.29, 0.717) is 33.2 Å². The Labute approximate surface area is 203 Å². The molecule has 0 atom stereocenters. The van der Waals surface area contributed by atoms with Crippen molar-refractivity contribution in [3.63, 3.8) is 0 Å². The van der Waals surface area contributed by atoms with E-state index in [1.807, 2.05) is 24.3 Å². The average Bonchev–Trinajstić information content (AvgIpc) is 3.26. The Balaban J connectivity index is 1.59. The molecule has 0 bridgehead atoms. The number of aliphatic carboxylic acids is 1. The topological polar surface area (TPSA) is 68.7 Å². The lowest BCUT2D eigenvalue weighted by atomic mass is 10.1. The highest BCUT2D eigenvalue weighted by molar-refractivity contribution is 7.19. The first-order chi connectivity index (χ1) is 16.7. The molecule has 0 aliphatic heterocycles. The van der Waals surface area contributed by atoms with Crippen molar-refractivity contribution in [1.82, 2.24) is 4.98 Å². The van der Waals surface area contributed by atoms with E-state index < -0.39 is 17.7 Å². The van der Waals surface area contributed by atoms with Crippen LogP contribution < -0.4 is 9.47 Å². The van der Waals surface area contributed by atoms with Gasteiger partial charge in [0.1, 0.15) is 11.6 Å². The van der Waals surface area contributed by atoms with E-state index in [-0.39, 0.29) is 13.0 Å². The number of methoxy groups -OCH3 is 1. The van der Waals surface area contributed by atoms with Gasteiger partial charge in [0, 0.05) is 0 Å². The van der Waals surface area contributed by atoms with Gasteiger partial charge in [-0.25, -0.2) is 4.98 Å². The van der Waals surface area contributed by atoms with E-state index in [0.717, 1.165) is 22.3 Å². The van der Waals surface area contributed by atoms with Gasteiger partial charge in [0.15, 0.2) is 11.5 Å². The molecule has 0 unspecified atom stereocenters. The van der Waals surface area contributed by atoms with Crippen molar-refractivity contribution in [2.75, 3.05) is 7.11 Å². The summed E-state index contributed by atoms with van der Waals surface area (Å²) in [7, 11) is 1.45. The summed E-state index contributed by atoms with van der Waals surface area (Å²) >= 11 is 1.41. The molecule has 180 valence electrons. The predicted octanol–water partition coefficient (Wildman–Crippen LogP) is 6.92. The summed E-state index contributed by atoms with van der Waals surface area (Å²) < 4.78 is 50.9. The molecule has 0 aliphatic carbocycles. The minimum Gasteiger partial charge on any atom is -0.493 e. The standard InChI is InChI=1S/C26H20F3NO4S/c1-33-22-13-16(9-10-21(22)34-15-17-5-4-6-19(12-17)26(27,28)29)11-18(14-24(31)32)25-30-20-7-2-3-8-23(20)35-25/h2-13H,14-15H2,1H3,(H,31,32). The summed E-state index contributed by atoms with van der Waals surface area (Å²) in [6.45, 7) is -0.0779. The van der Waals surface area contributed by atoms with Gasteiger partial charge in [0.05, 0.1) is 29.3 Å². The van der Waals surface area contributed by atoms with Crippen LogP contribution in [0, 0.1) is 0 Å². The number of carbonyl (C=O) groups is 1. The lowest BCUT2D eigenvalue weighted by Gasteiger charge is -2.13. The maximum absolute atomic E-state index is 13.0. The second kappa shape index (κ2) is 10.2. The highest BCUT2D eigenvalue weighted by atomic mass is 32.1. The first kappa shape index (κ1) is 24.3. The van der Waals surface area contributed by atoms with Crippen molar-refractivity contribution in [1.29, 1.82) is 0 Å². The molecule has 0 saturated heterocycles. The summed E-state index contributed by atoms with van der Waals surface area (Å²) in [4.78, 5) is 16.1. The zero-order valence-corrected chi connectivity index (χ0v) is 19.3. The maximum atomic E-state index is 13.0. The number of halogens is 3. The second-order valence-corrected chi connectivity index (χ2v) is 8.65. The molecular formula is C26H20F3NO4S. The number of ether oxygens (including phenoxy) is 2. The molecule has 0 aliphatic rings. The first-order valence-corrected chi connectivity index (χ1v) is 11.3. The molecule has 9 heteroatoms. The van der Waals surface area contributed by atoms with E-state index in [1.165, 1.54) is 24.5 Å². The van der Waals surface area contributed by atoms with Crippen LogP contribution in [0.25, 0.3) is 21.9 Å². The fourth-order valence-electron chi connectivity index (χ4n) is 3.45. The van der Waals surface area contributed by atoms with Crippen LogP contribution in [0.2, 0.25) is 0 Å². The molecule has 4 aromatic rings. The third-order valence-corrected chi connectivity index (χ3v) is 6.20. The molecule has 1 N–H and O–H groups in total. The number of thiazole rings is 1. The van der Waals surface area contributed by atoms with Crippen molar-refractivity contribution < 1.29 is 32.5 Å². The summed E-state index contributed by atoms with van der Waals surface area (Å²) in [6.07, 6.45) is -2.92. The Morgan fingerprint density at radius 3 is 2.57 bits per heavy atom. The highest BCUT2D eigenvalue weighted by Gasteiger charge is 2.30. The minimum atomic E-state index is -4.43. The van der Waals surface area contributed by atoms with Crippen molar-refractivity contribution in [3.05, 3.63) is 88.4 Å². The van der Waals surface area contributed by atoms with Crippen LogP contribution in [0.5, 0.6) is 11.5 Å². The van der Waals surface area contributed by atoms with Crippen molar-refractivity contribution in [3.8, 4) is 11.5 Å². The molecule has 5 nitrogen and oxygen atoms in total. The summed E-state index contributed by atoms with van der Waals surface area (Å²) in [5.41, 5.74) is 1.62. The van der Waals surface area contributed by atoms with E-state index in [1.54, 1.807) is 30.3 Å². The molecule has 3 aromatic carbocycles. The van der Waals surface area contributed by atoms with Gasteiger partial charge < -0.3 is 14.6 Å². The van der Waals surface area contributed by atoms with Gasteiger partial charge in [0.25, 0.3) is 0 Å². The zero-order valence-electron chi connectivity index (χ0n) is 18.5. The number of alkyl halides is 3. The van der Waals surface area contributed by atoms with E-state index >= 15 is 0 Å². The lowest BCUT2D eigenvalue weighted by molar-refractivity contribution is -0.138. The predicted molar refractivity (Wildman–Crippen MR) is 129 cm³/mol. The van der Waals surface area contributed by atoms with Gasteiger partial charge in [-0.2, -0.15) is 13.2 Å². The summed E-state index contributed by atoms with van der Waals surface area (Å²) in [5, 5.41) is 10.0. The Morgan fingerprint density at radius 2 is 1.86 bits per heavy atom. The largest absolute Gasteiger partial charge is 0.493 e. The average molecular weight is 500 g/mol. The van der Waals surface area contributed by atoms with Gasteiger partial charge >= 0.3 is 12.1 Å². The zero-order chi connectivity index (χ0) is 25.0. The van der Waals surface area contributed by atoms with Crippen molar-refractivity contribution in [2.45, 2.75) is 19.2 Å². The van der Waals surface area contributed by atoms with Crippen LogP contribution in [0.1, 0.15) is 28.1 Å². The molecule has 0 spiro atoms. The second-order valence-electron chi connectivity index (χ2n) is 7.62. The van der Waals surface area contributed by atoms with Crippen LogP contribution in [0.15, 0.2) is 66.7 Å². The molecule has 0 fully saturated rings. The number of hydrogen-bond acceptors (Lipinski definition) is 5. The number of nitrogens with zero attached hydrogens (tertiary/aromatic N) is 1. The van der Waals surface area contributed by atoms with Gasteiger partial charge in [-0.1, -0.05) is 30.3 Å². The van der Waals surface area contributed by atoms with E-state index in [9.17, 15) is 23.1 Å². The number of para-hydroxylation sites is 1. The number of rotatable bonds is 8. The van der Waals surface area contributed by atoms with Gasteiger partial charge in [-0.05, 0) is 59.2 Å². The molecule has 0 saturated carbocycles. The number of hydrogen-bond donors (Lipinski definition) is 1. The number of aromatic nitrogens is 1. The van der Waals surface area contributed by atoms with Gasteiger partial charge in [-0.15, -0.1) is 11.3 Å². The van der Waals surface area contributed by atoms with Crippen LogP contribution in [-0.4, -0.2) is 23.2 Å². The smallest absolute Gasteiger partial charge is 0.416 e. The third-order valence-electron chi connectivity index (χ3n) is 5.09. The number of carboxylic acids is 1. The Kier molecular flexibility index (Phi) is 7.07. The third kappa shape index (κ3) is 5.99. The van der Waals surface area contributed by atoms with Crippen LogP contribution in [0.3, 0.4) is 0 Å². The van der Waals surface area contributed by atoms with E-state index in [4.69, 9.17) is 9.47 Å². The molecule has 0 radical (unpaired) electrons. The molecule has 1 aromatic heterocycles. The van der Waals surface area contributed by atoms with Gasteiger partial charge in [-0.3, -0.25) is 4.79 Å². The SMILES string of the molecule is COc1cc(C=C(CC(=O)O)c2nc3ccccc3s2)ccc1OCc1cccc(C(F)(F)F)c1. The van der Waals surface area contributed by atoms with Crippen molar-refractivity contribution in [2.24, 2.45) is 0 Å². The molecule has 0 amide bonds. The number of fused-ring (bicyclic) bond motifs is 1. The summed E-state index contributed by atoms with van der Waals surface area (Å²) in [5.74, 6) is -0.268. The summed E-state index contributed by atoms with van der Waals surface area (Å²) in [6, 6.07) is 17.5. The molecule has 4 rings (SSSR count). The number of benzene rings is 3. The maximum Gasteiger partial charge on any atom is 0.416 e. The Morgan fingerprint density at radius 1 is 1.06 bits per heavy atom. The normalized spacial score (nSPS) is 12.1. The van der Waals surface area contributed by atoms with Crippen molar-refractivity contribution >= 4 is 39.2 Å². The van der Waals surface area contributed by atoms with Crippen LogP contribution >= 0.6 is 11.3 Å². The highest BCUT2D eigenvalue weighted by Crippen LogP contribution is 2.34.